The molecule has 1 aliphatic rings. The molecule has 3 rings (SSSR count). The summed E-state index contributed by atoms with van der Waals surface area (Å²) >= 11 is 0. The quantitative estimate of drug-likeness (QED) is 0.841. The van der Waals surface area contributed by atoms with Crippen molar-refractivity contribution in [3.05, 3.63) is 41.3 Å². The number of nitrogens with one attached hydrogen (secondary N) is 2. The molecule has 1 saturated heterocycles. The van der Waals surface area contributed by atoms with Gasteiger partial charge in [0.2, 0.25) is 0 Å². The monoisotopic (exact) mass is 387 g/mol. The first-order valence-electron chi connectivity index (χ1n) is 8.19. The Morgan fingerprint density at radius 2 is 2.16 bits per heavy atom. The fourth-order valence-corrected chi connectivity index (χ4v) is 3.12. The van der Waals surface area contributed by atoms with Gasteiger partial charge >= 0.3 is 0 Å². The van der Waals surface area contributed by atoms with E-state index < -0.39 is 0 Å². The van der Waals surface area contributed by atoms with Crippen LogP contribution in [0.15, 0.2) is 24.3 Å². The van der Waals surface area contributed by atoms with Crippen molar-refractivity contribution in [2.24, 2.45) is 5.92 Å². The van der Waals surface area contributed by atoms with E-state index in [4.69, 9.17) is 0 Å². The molecule has 2 N–H and O–H groups in total. The van der Waals surface area contributed by atoms with E-state index >= 15 is 0 Å². The van der Waals surface area contributed by atoms with Gasteiger partial charge in [0, 0.05) is 18.0 Å². The molecular formula is C18H24Cl2FN3O. The molecule has 1 aromatic heterocycles. The minimum absolute atomic E-state index is 0. The summed E-state index contributed by atoms with van der Waals surface area (Å²) in [5.74, 6) is 0.218. The van der Waals surface area contributed by atoms with Crippen LogP contribution in [0.1, 0.15) is 35.3 Å². The van der Waals surface area contributed by atoms with E-state index in [1.165, 1.54) is 25.0 Å². The first kappa shape index (κ1) is 21.6. The Morgan fingerprint density at radius 3 is 2.88 bits per heavy atom. The van der Waals surface area contributed by atoms with Crippen LogP contribution in [0, 0.1) is 18.7 Å². The number of hydrogen-bond donors (Lipinski definition) is 2. The van der Waals surface area contributed by atoms with Gasteiger partial charge in [0.05, 0.1) is 16.8 Å². The molecule has 0 radical (unpaired) electrons. The number of aryl methyl sites for hydroxylation is 1. The summed E-state index contributed by atoms with van der Waals surface area (Å²) in [6, 6.07) is 6.22. The molecule has 1 amide bonds. The highest BCUT2D eigenvalue weighted by molar-refractivity contribution is 5.98. The van der Waals surface area contributed by atoms with Crippen molar-refractivity contribution < 1.29 is 9.18 Å². The summed E-state index contributed by atoms with van der Waals surface area (Å²) < 4.78 is 13.2. The number of hydrogen-bond acceptors (Lipinski definition) is 3. The Bertz CT molecular complexity index is 721. The second-order valence-electron chi connectivity index (χ2n) is 6.22. The topological polar surface area (TPSA) is 54.0 Å². The Hall–Kier alpha value is -1.43. The van der Waals surface area contributed by atoms with Gasteiger partial charge in [-0.1, -0.05) is 0 Å². The van der Waals surface area contributed by atoms with Crippen LogP contribution in [-0.4, -0.2) is 30.5 Å². The third-order valence-corrected chi connectivity index (χ3v) is 4.45. The number of halogens is 3. The van der Waals surface area contributed by atoms with E-state index in [-0.39, 0.29) is 36.5 Å². The SMILES string of the molecule is Cc1nc2cc(F)ccc2cc1C(=O)NCCC1CCCNC1.Cl.Cl. The van der Waals surface area contributed by atoms with Crippen molar-refractivity contribution in [2.45, 2.75) is 26.2 Å². The number of amides is 1. The number of carbonyl (C=O) groups is 1. The van der Waals surface area contributed by atoms with E-state index in [2.05, 4.69) is 15.6 Å². The highest BCUT2D eigenvalue weighted by atomic mass is 35.5. The van der Waals surface area contributed by atoms with Crippen LogP contribution in [-0.2, 0) is 0 Å². The molecule has 7 heteroatoms. The summed E-state index contributed by atoms with van der Waals surface area (Å²) in [6.45, 7) is 4.60. The van der Waals surface area contributed by atoms with Gasteiger partial charge in [0.1, 0.15) is 5.82 Å². The Labute approximate surface area is 159 Å². The number of rotatable bonds is 4. The molecule has 1 aliphatic heterocycles. The van der Waals surface area contributed by atoms with Crippen LogP contribution in [0.4, 0.5) is 4.39 Å². The molecule has 1 fully saturated rings. The van der Waals surface area contributed by atoms with E-state index in [1.807, 2.05) is 0 Å². The maximum absolute atomic E-state index is 13.2. The van der Waals surface area contributed by atoms with Crippen molar-refractivity contribution in [2.75, 3.05) is 19.6 Å². The standard InChI is InChI=1S/C18H22FN3O.2ClH/c1-12-16(9-14-4-5-15(19)10-17(14)22-12)18(23)21-8-6-13-3-2-7-20-11-13;;/h4-5,9-10,13,20H,2-3,6-8,11H2,1H3,(H,21,23);2*1H. The minimum atomic E-state index is -0.317. The lowest BCUT2D eigenvalue weighted by Crippen LogP contribution is -2.33. The summed E-state index contributed by atoms with van der Waals surface area (Å²) in [5.41, 5.74) is 1.76. The van der Waals surface area contributed by atoms with Crippen molar-refractivity contribution in [1.29, 1.82) is 0 Å². The smallest absolute Gasteiger partial charge is 0.253 e. The average molecular weight is 388 g/mol. The van der Waals surface area contributed by atoms with Crippen LogP contribution in [0.5, 0.6) is 0 Å². The predicted molar refractivity (Wildman–Crippen MR) is 103 cm³/mol. The number of pyridine rings is 1. The molecule has 0 aliphatic carbocycles. The molecular weight excluding hydrogens is 364 g/mol. The molecule has 2 aromatic rings. The first-order valence-corrected chi connectivity index (χ1v) is 8.19. The molecule has 1 unspecified atom stereocenters. The van der Waals surface area contributed by atoms with Gasteiger partial charge < -0.3 is 10.6 Å². The highest BCUT2D eigenvalue weighted by Gasteiger charge is 2.15. The summed E-state index contributed by atoms with van der Waals surface area (Å²) in [5, 5.41) is 7.14. The van der Waals surface area contributed by atoms with E-state index in [0.717, 1.165) is 24.9 Å². The first-order chi connectivity index (χ1) is 11.1. The second-order valence-corrected chi connectivity index (χ2v) is 6.22. The molecule has 4 nitrogen and oxygen atoms in total. The van der Waals surface area contributed by atoms with Gasteiger partial charge in [0.15, 0.2) is 0 Å². The third-order valence-electron chi connectivity index (χ3n) is 4.45. The second kappa shape index (κ2) is 9.90. The van der Waals surface area contributed by atoms with Gasteiger partial charge in [-0.05, 0) is 63.4 Å². The summed E-state index contributed by atoms with van der Waals surface area (Å²) in [4.78, 5) is 16.7. The Kier molecular flexibility index (Phi) is 8.56. The molecule has 1 aromatic carbocycles. The highest BCUT2D eigenvalue weighted by Crippen LogP contribution is 2.18. The number of aromatic nitrogens is 1. The van der Waals surface area contributed by atoms with Gasteiger partial charge in [-0.15, -0.1) is 24.8 Å². The number of carbonyl (C=O) groups excluding carboxylic acids is 1. The molecule has 0 spiro atoms. The van der Waals surface area contributed by atoms with Crippen LogP contribution < -0.4 is 10.6 Å². The fourth-order valence-electron chi connectivity index (χ4n) is 3.12. The predicted octanol–water partition coefficient (Wildman–Crippen LogP) is 3.65. The molecule has 25 heavy (non-hydrogen) atoms. The van der Waals surface area contributed by atoms with Gasteiger partial charge in [-0.2, -0.15) is 0 Å². The minimum Gasteiger partial charge on any atom is -0.352 e. The van der Waals surface area contributed by atoms with E-state index in [0.29, 0.717) is 29.2 Å². The van der Waals surface area contributed by atoms with Crippen molar-refractivity contribution in [1.82, 2.24) is 15.6 Å². The lowest BCUT2D eigenvalue weighted by Gasteiger charge is -2.22. The van der Waals surface area contributed by atoms with Crippen molar-refractivity contribution in [3.63, 3.8) is 0 Å². The largest absolute Gasteiger partial charge is 0.352 e. The maximum atomic E-state index is 13.2. The number of benzene rings is 1. The number of fused-ring (bicyclic) bond motifs is 1. The lowest BCUT2D eigenvalue weighted by atomic mass is 9.96. The molecule has 0 saturated carbocycles. The molecule has 138 valence electrons. The number of nitrogens with zero attached hydrogens (tertiary/aromatic N) is 1. The summed E-state index contributed by atoms with van der Waals surface area (Å²) in [6.07, 6.45) is 3.43. The summed E-state index contributed by atoms with van der Waals surface area (Å²) in [7, 11) is 0. The van der Waals surface area contributed by atoms with Crippen LogP contribution in [0.25, 0.3) is 10.9 Å². The third kappa shape index (κ3) is 5.53. The Balaban J connectivity index is 0.00000156. The zero-order valence-corrected chi connectivity index (χ0v) is 15.8. The van der Waals surface area contributed by atoms with Gasteiger partial charge in [-0.3, -0.25) is 9.78 Å². The zero-order chi connectivity index (χ0) is 16.2. The van der Waals surface area contributed by atoms with Crippen LogP contribution in [0.3, 0.4) is 0 Å². The normalized spacial score (nSPS) is 16.6. The van der Waals surface area contributed by atoms with Gasteiger partial charge in [-0.25, -0.2) is 4.39 Å². The van der Waals surface area contributed by atoms with Crippen LogP contribution in [0.2, 0.25) is 0 Å². The Morgan fingerprint density at radius 1 is 1.36 bits per heavy atom. The zero-order valence-electron chi connectivity index (χ0n) is 14.2. The van der Waals surface area contributed by atoms with E-state index in [1.54, 1.807) is 19.1 Å². The number of piperidine rings is 1. The van der Waals surface area contributed by atoms with Crippen LogP contribution >= 0.6 is 24.8 Å². The lowest BCUT2D eigenvalue weighted by molar-refractivity contribution is 0.0950. The average Bonchev–Trinajstić information content (AvgIpc) is 2.55. The molecule has 1 atom stereocenters. The van der Waals surface area contributed by atoms with Crippen molar-refractivity contribution >= 4 is 41.6 Å². The molecule has 2 heterocycles. The van der Waals surface area contributed by atoms with E-state index in [9.17, 15) is 9.18 Å². The molecule has 0 bridgehead atoms. The van der Waals surface area contributed by atoms with Gasteiger partial charge in [0.25, 0.3) is 5.91 Å². The van der Waals surface area contributed by atoms with Crippen molar-refractivity contribution in [3.8, 4) is 0 Å². The maximum Gasteiger partial charge on any atom is 0.253 e. The fraction of sp³-hybridized carbons (Fsp3) is 0.444.